The summed E-state index contributed by atoms with van der Waals surface area (Å²) in [7, 11) is -4.63. The molecule has 0 atom stereocenters. The Hall–Kier alpha value is -0.910. The van der Waals surface area contributed by atoms with Gasteiger partial charge >= 0.3 is 10.2 Å². The standard InChI is InChI=1S/C8H13FN2O2S/c1-6(2)5-11-7(3)8(4-10-11)14(9,12)13/h4,6H,5H2,1-3H3. The Balaban J connectivity index is 3.09. The molecule has 1 heterocycles. The predicted octanol–water partition coefficient (Wildman–Crippen LogP) is 1.51. The molecule has 0 aliphatic rings. The number of nitrogens with zero attached hydrogens (tertiary/aromatic N) is 2. The zero-order chi connectivity index (χ0) is 10.9. The highest BCUT2D eigenvalue weighted by Crippen LogP contribution is 2.17. The van der Waals surface area contributed by atoms with Crippen LogP contribution in [-0.2, 0) is 16.8 Å². The molecule has 1 rings (SSSR count). The molecule has 0 saturated heterocycles. The van der Waals surface area contributed by atoms with Crippen molar-refractivity contribution in [2.24, 2.45) is 5.92 Å². The van der Waals surface area contributed by atoms with Crippen LogP contribution in [0.15, 0.2) is 11.1 Å². The Kier molecular flexibility index (Phi) is 2.94. The molecule has 4 nitrogen and oxygen atoms in total. The lowest BCUT2D eigenvalue weighted by Gasteiger charge is -2.06. The SMILES string of the molecule is Cc1c(S(=O)(=O)F)cnn1CC(C)C. The van der Waals surface area contributed by atoms with Crippen molar-refractivity contribution in [2.75, 3.05) is 0 Å². The van der Waals surface area contributed by atoms with Crippen LogP contribution in [0.25, 0.3) is 0 Å². The van der Waals surface area contributed by atoms with Crippen LogP contribution >= 0.6 is 0 Å². The summed E-state index contributed by atoms with van der Waals surface area (Å²) in [5, 5.41) is 3.82. The lowest BCUT2D eigenvalue weighted by molar-refractivity contribution is 0.473. The van der Waals surface area contributed by atoms with Crippen LogP contribution in [0.1, 0.15) is 19.5 Å². The molecule has 6 heteroatoms. The van der Waals surface area contributed by atoms with Crippen molar-refractivity contribution in [3.8, 4) is 0 Å². The topological polar surface area (TPSA) is 52.0 Å². The quantitative estimate of drug-likeness (QED) is 0.725. The first-order valence-corrected chi connectivity index (χ1v) is 5.67. The lowest BCUT2D eigenvalue weighted by Crippen LogP contribution is -2.08. The van der Waals surface area contributed by atoms with Crippen molar-refractivity contribution in [3.05, 3.63) is 11.9 Å². The van der Waals surface area contributed by atoms with Gasteiger partial charge in [-0.3, -0.25) is 4.68 Å². The minimum atomic E-state index is -4.63. The van der Waals surface area contributed by atoms with Gasteiger partial charge in [0.15, 0.2) is 0 Å². The number of halogens is 1. The normalized spacial score (nSPS) is 12.4. The van der Waals surface area contributed by atoms with Crippen molar-refractivity contribution in [3.63, 3.8) is 0 Å². The molecule has 0 saturated carbocycles. The smallest absolute Gasteiger partial charge is 0.268 e. The Morgan fingerprint density at radius 1 is 1.57 bits per heavy atom. The lowest BCUT2D eigenvalue weighted by atomic mass is 10.2. The van der Waals surface area contributed by atoms with E-state index in [1.165, 1.54) is 4.68 Å². The minimum Gasteiger partial charge on any atom is -0.268 e. The number of aromatic nitrogens is 2. The maximum atomic E-state index is 12.7. The summed E-state index contributed by atoms with van der Waals surface area (Å²) in [6, 6.07) is 0. The second kappa shape index (κ2) is 3.68. The summed E-state index contributed by atoms with van der Waals surface area (Å²) in [6.07, 6.45) is 1.05. The maximum absolute atomic E-state index is 12.7. The van der Waals surface area contributed by atoms with Gasteiger partial charge in [-0.1, -0.05) is 13.8 Å². The first-order valence-electron chi connectivity index (χ1n) is 4.29. The second-order valence-corrected chi connectivity index (χ2v) is 4.92. The van der Waals surface area contributed by atoms with Gasteiger partial charge < -0.3 is 0 Å². The molecular formula is C8H13FN2O2S. The first kappa shape index (κ1) is 11.2. The molecular weight excluding hydrogens is 207 g/mol. The molecule has 0 aromatic carbocycles. The van der Waals surface area contributed by atoms with Crippen LogP contribution in [0.2, 0.25) is 0 Å². The molecule has 0 bridgehead atoms. The molecule has 0 aliphatic heterocycles. The molecule has 0 aliphatic carbocycles. The summed E-state index contributed by atoms with van der Waals surface area (Å²) >= 11 is 0. The van der Waals surface area contributed by atoms with E-state index in [1.807, 2.05) is 13.8 Å². The van der Waals surface area contributed by atoms with Crippen molar-refractivity contribution >= 4 is 10.2 Å². The predicted molar refractivity (Wildman–Crippen MR) is 50.1 cm³/mol. The van der Waals surface area contributed by atoms with Crippen molar-refractivity contribution in [2.45, 2.75) is 32.2 Å². The van der Waals surface area contributed by atoms with E-state index in [1.54, 1.807) is 6.92 Å². The zero-order valence-electron chi connectivity index (χ0n) is 8.36. The van der Waals surface area contributed by atoms with E-state index in [0.717, 1.165) is 6.20 Å². The molecule has 0 N–H and O–H groups in total. The van der Waals surface area contributed by atoms with E-state index in [2.05, 4.69) is 5.10 Å². The number of hydrogen-bond donors (Lipinski definition) is 0. The van der Waals surface area contributed by atoms with E-state index in [-0.39, 0.29) is 4.90 Å². The van der Waals surface area contributed by atoms with E-state index in [4.69, 9.17) is 0 Å². The molecule has 0 amide bonds. The molecule has 80 valence electrons. The largest absolute Gasteiger partial charge is 0.335 e. The maximum Gasteiger partial charge on any atom is 0.335 e. The molecule has 0 radical (unpaired) electrons. The highest BCUT2D eigenvalue weighted by molar-refractivity contribution is 7.86. The summed E-state index contributed by atoms with van der Waals surface area (Å²) in [5.74, 6) is 0.337. The van der Waals surface area contributed by atoms with E-state index < -0.39 is 10.2 Å². The van der Waals surface area contributed by atoms with Crippen molar-refractivity contribution in [1.29, 1.82) is 0 Å². The summed E-state index contributed by atoms with van der Waals surface area (Å²) < 4.78 is 35.4. The Morgan fingerprint density at radius 2 is 2.14 bits per heavy atom. The van der Waals surface area contributed by atoms with Crippen LogP contribution in [0.3, 0.4) is 0 Å². The van der Waals surface area contributed by atoms with Gasteiger partial charge in [-0.15, -0.1) is 3.89 Å². The van der Waals surface area contributed by atoms with Crippen LogP contribution in [0, 0.1) is 12.8 Å². The molecule has 14 heavy (non-hydrogen) atoms. The highest BCUT2D eigenvalue weighted by Gasteiger charge is 2.19. The van der Waals surface area contributed by atoms with Crippen LogP contribution in [0.5, 0.6) is 0 Å². The molecule has 0 unspecified atom stereocenters. The fourth-order valence-electron chi connectivity index (χ4n) is 1.20. The van der Waals surface area contributed by atoms with Gasteiger partial charge in [0.2, 0.25) is 0 Å². The van der Waals surface area contributed by atoms with E-state index in [0.29, 0.717) is 18.2 Å². The highest BCUT2D eigenvalue weighted by atomic mass is 32.3. The van der Waals surface area contributed by atoms with Gasteiger partial charge in [0, 0.05) is 6.54 Å². The average Bonchev–Trinajstić information content (AvgIpc) is 2.30. The fourth-order valence-corrected chi connectivity index (χ4v) is 1.83. The first-order chi connectivity index (χ1) is 6.32. The third kappa shape index (κ3) is 2.31. The van der Waals surface area contributed by atoms with Gasteiger partial charge in [0.05, 0.1) is 11.9 Å². The molecule has 1 aromatic rings. The number of hydrogen-bond acceptors (Lipinski definition) is 3. The second-order valence-electron chi connectivity index (χ2n) is 3.61. The van der Waals surface area contributed by atoms with Gasteiger partial charge in [0.25, 0.3) is 0 Å². The molecule has 1 aromatic heterocycles. The summed E-state index contributed by atoms with van der Waals surface area (Å²) in [5.41, 5.74) is 0.348. The number of rotatable bonds is 3. The molecule has 0 spiro atoms. The zero-order valence-corrected chi connectivity index (χ0v) is 9.18. The third-order valence-electron chi connectivity index (χ3n) is 1.86. The summed E-state index contributed by atoms with van der Waals surface area (Å²) in [4.78, 5) is -0.335. The van der Waals surface area contributed by atoms with Crippen molar-refractivity contribution in [1.82, 2.24) is 9.78 Å². The average molecular weight is 220 g/mol. The van der Waals surface area contributed by atoms with Gasteiger partial charge in [-0.05, 0) is 12.8 Å². The Bertz CT molecular complexity index is 423. The van der Waals surface area contributed by atoms with Crippen LogP contribution in [0.4, 0.5) is 3.89 Å². The minimum absolute atomic E-state index is 0.335. The van der Waals surface area contributed by atoms with Gasteiger partial charge in [-0.25, -0.2) is 0 Å². The molecule has 0 fully saturated rings. The van der Waals surface area contributed by atoms with Crippen LogP contribution < -0.4 is 0 Å². The van der Waals surface area contributed by atoms with E-state index >= 15 is 0 Å². The Morgan fingerprint density at radius 3 is 2.50 bits per heavy atom. The van der Waals surface area contributed by atoms with Crippen LogP contribution in [-0.4, -0.2) is 18.2 Å². The Labute approximate surface area is 82.9 Å². The monoisotopic (exact) mass is 220 g/mol. The third-order valence-corrected chi connectivity index (χ3v) is 2.79. The van der Waals surface area contributed by atoms with E-state index in [9.17, 15) is 12.3 Å². The van der Waals surface area contributed by atoms with Gasteiger partial charge in [-0.2, -0.15) is 13.5 Å². The fraction of sp³-hybridized carbons (Fsp3) is 0.625. The van der Waals surface area contributed by atoms with Crippen molar-refractivity contribution < 1.29 is 12.3 Å². The van der Waals surface area contributed by atoms with Gasteiger partial charge in [0.1, 0.15) is 4.90 Å². The summed E-state index contributed by atoms with van der Waals surface area (Å²) in [6.45, 7) is 6.08.